The summed E-state index contributed by atoms with van der Waals surface area (Å²) in [7, 11) is 0. The van der Waals surface area contributed by atoms with E-state index in [0.29, 0.717) is 18.6 Å². The van der Waals surface area contributed by atoms with Crippen molar-refractivity contribution in [1.82, 2.24) is 9.80 Å². The standard InChI is InChI=1S/C16H25N3O/c1-12-9-18-7-3-6-15(18)10-19(12)11-16(20)13-4-2-5-14(17)8-13/h2,4-5,8,12,15-16,20H,3,6-7,9-11,17H2,1H3. The summed E-state index contributed by atoms with van der Waals surface area (Å²) in [6.45, 7) is 6.44. The maximum absolute atomic E-state index is 10.4. The van der Waals surface area contributed by atoms with Crippen molar-refractivity contribution in [2.75, 3.05) is 31.9 Å². The number of hydrogen-bond acceptors (Lipinski definition) is 4. The van der Waals surface area contributed by atoms with E-state index in [1.54, 1.807) is 0 Å². The second-order valence-electron chi connectivity index (χ2n) is 6.28. The van der Waals surface area contributed by atoms with Crippen molar-refractivity contribution in [3.8, 4) is 0 Å². The number of aliphatic hydroxyl groups excluding tert-OH is 1. The van der Waals surface area contributed by atoms with Crippen LogP contribution in [0.4, 0.5) is 5.69 Å². The molecule has 1 aromatic rings. The number of anilines is 1. The quantitative estimate of drug-likeness (QED) is 0.820. The SMILES string of the molecule is CC1CN2CCCC2CN1CC(O)c1cccc(N)c1. The van der Waals surface area contributed by atoms with Gasteiger partial charge in [-0.25, -0.2) is 0 Å². The fourth-order valence-corrected chi connectivity index (χ4v) is 3.60. The van der Waals surface area contributed by atoms with Crippen LogP contribution in [0.5, 0.6) is 0 Å². The molecule has 0 radical (unpaired) electrons. The molecule has 0 spiro atoms. The molecule has 0 saturated carbocycles. The number of β-amino-alcohol motifs (C(OH)–C–C–N with tert-alkyl or cyclic N) is 1. The molecule has 2 heterocycles. The van der Waals surface area contributed by atoms with Gasteiger partial charge in [0.05, 0.1) is 6.10 Å². The van der Waals surface area contributed by atoms with E-state index in [4.69, 9.17) is 5.73 Å². The number of benzene rings is 1. The lowest BCUT2D eigenvalue weighted by Gasteiger charge is -2.43. The highest BCUT2D eigenvalue weighted by Crippen LogP contribution is 2.26. The fraction of sp³-hybridized carbons (Fsp3) is 0.625. The van der Waals surface area contributed by atoms with Crippen LogP contribution in [0.15, 0.2) is 24.3 Å². The topological polar surface area (TPSA) is 52.7 Å². The largest absolute Gasteiger partial charge is 0.399 e. The molecule has 0 bridgehead atoms. The third-order valence-electron chi connectivity index (χ3n) is 4.77. The van der Waals surface area contributed by atoms with Gasteiger partial charge in [-0.1, -0.05) is 12.1 Å². The summed E-state index contributed by atoms with van der Waals surface area (Å²) in [6.07, 6.45) is 2.18. The zero-order valence-electron chi connectivity index (χ0n) is 12.2. The Morgan fingerprint density at radius 1 is 1.40 bits per heavy atom. The van der Waals surface area contributed by atoms with Gasteiger partial charge in [0.2, 0.25) is 0 Å². The molecule has 4 heteroatoms. The van der Waals surface area contributed by atoms with E-state index < -0.39 is 6.10 Å². The summed E-state index contributed by atoms with van der Waals surface area (Å²) in [4.78, 5) is 5.04. The van der Waals surface area contributed by atoms with Gasteiger partial charge in [-0.2, -0.15) is 0 Å². The number of nitrogen functional groups attached to an aromatic ring is 1. The molecule has 2 aliphatic heterocycles. The molecule has 2 fully saturated rings. The monoisotopic (exact) mass is 275 g/mol. The first-order chi connectivity index (χ1) is 9.63. The highest BCUT2D eigenvalue weighted by molar-refractivity contribution is 5.41. The minimum Gasteiger partial charge on any atom is -0.399 e. The Kier molecular flexibility index (Phi) is 3.96. The maximum Gasteiger partial charge on any atom is 0.0917 e. The Balaban J connectivity index is 1.64. The van der Waals surface area contributed by atoms with Crippen molar-refractivity contribution in [2.45, 2.75) is 38.0 Å². The van der Waals surface area contributed by atoms with Crippen LogP contribution in [-0.4, -0.2) is 53.2 Å². The molecule has 110 valence electrons. The van der Waals surface area contributed by atoms with Gasteiger partial charge >= 0.3 is 0 Å². The first-order valence-electron chi connectivity index (χ1n) is 7.65. The molecule has 1 aromatic carbocycles. The lowest BCUT2D eigenvalue weighted by molar-refractivity contribution is 0.0226. The van der Waals surface area contributed by atoms with Crippen LogP contribution in [-0.2, 0) is 0 Å². The molecule has 3 rings (SSSR count). The predicted octanol–water partition coefficient (Wildman–Crippen LogP) is 1.47. The first-order valence-corrected chi connectivity index (χ1v) is 7.65. The molecule has 20 heavy (non-hydrogen) atoms. The molecule has 3 atom stereocenters. The van der Waals surface area contributed by atoms with Gasteiger partial charge in [0.25, 0.3) is 0 Å². The fourth-order valence-electron chi connectivity index (χ4n) is 3.60. The van der Waals surface area contributed by atoms with Crippen molar-refractivity contribution in [1.29, 1.82) is 0 Å². The van der Waals surface area contributed by atoms with Gasteiger partial charge in [0.1, 0.15) is 0 Å². The van der Waals surface area contributed by atoms with E-state index in [-0.39, 0.29) is 0 Å². The minimum atomic E-state index is -0.450. The highest BCUT2D eigenvalue weighted by atomic mass is 16.3. The Morgan fingerprint density at radius 3 is 3.05 bits per heavy atom. The van der Waals surface area contributed by atoms with Gasteiger partial charge < -0.3 is 10.8 Å². The van der Waals surface area contributed by atoms with Crippen molar-refractivity contribution < 1.29 is 5.11 Å². The van der Waals surface area contributed by atoms with E-state index in [2.05, 4.69) is 16.7 Å². The Morgan fingerprint density at radius 2 is 2.25 bits per heavy atom. The van der Waals surface area contributed by atoms with Crippen LogP contribution in [0.2, 0.25) is 0 Å². The van der Waals surface area contributed by atoms with Gasteiger partial charge in [0, 0.05) is 37.4 Å². The van der Waals surface area contributed by atoms with Crippen molar-refractivity contribution in [3.05, 3.63) is 29.8 Å². The van der Waals surface area contributed by atoms with E-state index in [1.807, 2.05) is 24.3 Å². The van der Waals surface area contributed by atoms with Crippen LogP contribution in [0, 0.1) is 0 Å². The third-order valence-corrected chi connectivity index (χ3v) is 4.77. The summed E-state index contributed by atoms with van der Waals surface area (Å²) < 4.78 is 0. The van der Waals surface area contributed by atoms with Gasteiger partial charge in [-0.15, -0.1) is 0 Å². The smallest absolute Gasteiger partial charge is 0.0917 e. The molecule has 4 nitrogen and oxygen atoms in total. The minimum absolute atomic E-state index is 0.450. The Labute approximate surface area is 121 Å². The van der Waals surface area contributed by atoms with E-state index in [0.717, 1.165) is 24.3 Å². The average molecular weight is 275 g/mol. The molecule has 3 N–H and O–H groups in total. The van der Waals surface area contributed by atoms with E-state index in [1.165, 1.54) is 19.4 Å². The molecule has 0 aromatic heterocycles. The molecule has 0 aliphatic carbocycles. The number of piperazine rings is 1. The summed E-state index contributed by atoms with van der Waals surface area (Å²) in [5.41, 5.74) is 7.44. The van der Waals surface area contributed by atoms with E-state index in [9.17, 15) is 5.11 Å². The van der Waals surface area contributed by atoms with Crippen LogP contribution < -0.4 is 5.73 Å². The average Bonchev–Trinajstić information content (AvgIpc) is 2.86. The summed E-state index contributed by atoms with van der Waals surface area (Å²) in [5.74, 6) is 0. The highest BCUT2D eigenvalue weighted by Gasteiger charge is 2.34. The Hall–Kier alpha value is -1.10. The lowest BCUT2D eigenvalue weighted by Crippen LogP contribution is -2.55. The van der Waals surface area contributed by atoms with Crippen LogP contribution in [0.25, 0.3) is 0 Å². The molecule has 0 amide bonds. The molecular weight excluding hydrogens is 250 g/mol. The number of nitrogens with two attached hydrogens (primary N) is 1. The van der Waals surface area contributed by atoms with Gasteiger partial charge in [0.15, 0.2) is 0 Å². The van der Waals surface area contributed by atoms with Crippen molar-refractivity contribution >= 4 is 5.69 Å². The first kappa shape index (κ1) is 13.9. The van der Waals surface area contributed by atoms with Crippen molar-refractivity contribution in [3.63, 3.8) is 0 Å². The number of aliphatic hydroxyl groups is 1. The normalized spacial score (nSPS) is 29.3. The number of nitrogens with zero attached hydrogens (tertiary/aromatic N) is 2. The van der Waals surface area contributed by atoms with Crippen molar-refractivity contribution in [2.24, 2.45) is 0 Å². The molecule has 2 aliphatic rings. The summed E-state index contributed by atoms with van der Waals surface area (Å²) in [5, 5.41) is 10.4. The number of fused-ring (bicyclic) bond motifs is 1. The number of rotatable bonds is 3. The summed E-state index contributed by atoms with van der Waals surface area (Å²) in [6, 6.07) is 8.81. The maximum atomic E-state index is 10.4. The summed E-state index contributed by atoms with van der Waals surface area (Å²) >= 11 is 0. The van der Waals surface area contributed by atoms with Gasteiger partial charge in [-0.3, -0.25) is 9.80 Å². The second-order valence-corrected chi connectivity index (χ2v) is 6.28. The van der Waals surface area contributed by atoms with Crippen LogP contribution in [0.3, 0.4) is 0 Å². The molecular formula is C16H25N3O. The predicted molar refractivity (Wildman–Crippen MR) is 81.4 cm³/mol. The van der Waals surface area contributed by atoms with Gasteiger partial charge in [-0.05, 0) is 44.0 Å². The zero-order valence-corrected chi connectivity index (χ0v) is 12.2. The third kappa shape index (κ3) is 2.82. The second kappa shape index (κ2) is 5.72. The molecule has 3 unspecified atom stereocenters. The van der Waals surface area contributed by atoms with E-state index >= 15 is 0 Å². The zero-order chi connectivity index (χ0) is 14.1. The molecule has 2 saturated heterocycles. The van der Waals surface area contributed by atoms with Crippen LogP contribution in [0.1, 0.15) is 31.4 Å². The number of hydrogen-bond donors (Lipinski definition) is 2. The lowest BCUT2D eigenvalue weighted by atomic mass is 10.0. The Bertz CT molecular complexity index is 465. The van der Waals surface area contributed by atoms with Crippen LogP contribution >= 0.6 is 0 Å².